The van der Waals surface area contributed by atoms with E-state index in [1.54, 1.807) is 6.07 Å². The van der Waals surface area contributed by atoms with Crippen molar-refractivity contribution in [2.75, 3.05) is 0 Å². The van der Waals surface area contributed by atoms with Gasteiger partial charge in [0.25, 0.3) is 0 Å². The van der Waals surface area contributed by atoms with Crippen molar-refractivity contribution in [3.05, 3.63) is 41.5 Å². The highest BCUT2D eigenvalue weighted by Crippen LogP contribution is 2.36. The Morgan fingerprint density at radius 2 is 1.71 bits per heavy atom. The van der Waals surface area contributed by atoms with Crippen molar-refractivity contribution in [3.8, 4) is 0 Å². The first kappa shape index (κ1) is 13.6. The highest BCUT2D eigenvalue weighted by Gasteiger charge is 2.34. The average Bonchev–Trinajstić information content (AvgIpc) is 2.14. The largest absolute Gasteiger partial charge is 0.417 e. The zero-order valence-corrected chi connectivity index (χ0v) is 10.2. The molecule has 4 heteroatoms. The smallest absolute Gasteiger partial charge is 0.399 e. The third-order valence-corrected chi connectivity index (χ3v) is 2.54. The van der Waals surface area contributed by atoms with Gasteiger partial charge in [-0.05, 0) is 17.0 Å². The summed E-state index contributed by atoms with van der Waals surface area (Å²) in [5.74, 6) is 0. The lowest BCUT2D eigenvalue weighted by Gasteiger charge is -2.22. The van der Waals surface area contributed by atoms with Gasteiger partial charge in [0.15, 0.2) is 0 Å². The van der Waals surface area contributed by atoms with Gasteiger partial charge in [-0.25, -0.2) is 0 Å². The van der Waals surface area contributed by atoms with E-state index in [4.69, 9.17) is 5.73 Å². The summed E-state index contributed by atoms with van der Waals surface area (Å²) in [5.41, 5.74) is 4.81. The monoisotopic (exact) mass is 243 g/mol. The van der Waals surface area contributed by atoms with Gasteiger partial charge in [-0.1, -0.05) is 39.5 Å². The van der Waals surface area contributed by atoms with Crippen LogP contribution in [0.4, 0.5) is 13.2 Å². The van der Waals surface area contributed by atoms with Crippen LogP contribution in [0, 0.1) is 0 Å². The van der Waals surface area contributed by atoms with Gasteiger partial charge in [0.05, 0.1) is 5.56 Å². The second-order valence-electron chi connectivity index (χ2n) is 5.03. The Hall–Kier alpha value is -1.45. The van der Waals surface area contributed by atoms with Gasteiger partial charge in [-0.15, -0.1) is 0 Å². The molecule has 0 aliphatic carbocycles. The van der Waals surface area contributed by atoms with Gasteiger partial charge in [-0.3, -0.25) is 0 Å². The lowest BCUT2D eigenvalue weighted by Crippen LogP contribution is -2.16. The molecule has 1 rings (SSSR count). The molecule has 1 aromatic carbocycles. The number of benzene rings is 1. The molecule has 0 saturated carbocycles. The second kappa shape index (κ2) is 4.09. The van der Waals surface area contributed by atoms with Crippen LogP contribution in [0.15, 0.2) is 24.8 Å². The fraction of sp³-hybridized carbons (Fsp3) is 0.385. The molecule has 1 nitrogen and oxygen atoms in total. The summed E-state index contributed by atoms with van der Waals surface area (Å²) in [6, 6.07) is 4.18. The van der Waals surface area contributed by atoms with E-state index < -0.39 is 11.7 Å². The fourth-order valence-electron chi connectivity index (χ4n) is 1.53. The minimum atomic E-state index is -4.42. The molecular formula is C13H16F3N. The van der Waals surface area contributed by atoms with Crippen LogP contribution in [0.25, 0.3) is 5.70 Å². The van der Waals surface area contributed by atoms with E-state index in [1.165, 1.54) is 6.07 Å². The molecule has 2 N–H and O–H groups in total. The quantitative estimate of drug-likeness (QED) is 0.794. The summed E-state index contributed by atoms with van der Waals surface area (Å²) in [7, 11) is 0. The van der Waals surface area contributed by atoms with Crippen molar-refractivity contribution in [1.29, 1.82) is 0 Å². The summed E-state index contributed by atoms with van der Waals surface area (Å²) in [6.07, 6.45) is -4.42. The molecule has 0 saturated heterocycles. The number of hydrogen-bond donors (Lipinski definition) is 1. The van der Waals surface area contributed by atoms with E-state index in [-0.39, 0.29) is 16.7 Å². The normalized spacial score (nSPS) is 12.6. The molecule has 0 unspecified atom stereocenters. The standard InChI is InChI=1S/C13H16F3N/c1-8(17)10-6-5-9(12(2,3)4)7-11(10)13(14,15)16/h5-7H,1,17H2,2-4H3. The Morgan fingerprint density at radius 1 is 1.18 bits per heavy atom. The zero-order chi connectivity index (χ0) is 13.4. The molecular weight excluding hydrogens is 227 g/mol. The fourth-order valence-corrected chi connectivity index (χ4v) is 1.53. The summed E-state index contributed by atoms with van der Waals surface area (Å²) in [4.78, 5) is 0. The molecule has 0 aliphatic heterocycles. The van der Waals surface area contributed by atoms with Gasteiger partial charge in [0.2, 0.25) is 0 Å². The van der Waals surface area contributed by atoms with Crippen LogP contribution in [0.1, 0.15) is 37.5 Å². The van der Waals surface area contributed by atoms with Crippen LogP contribution in [0.2, 0.25) is 0 Å². The first-order chi connectivity index (χ1) is 7.53. The van der Waals surface area contributed by atoms with Gasteiger partial charge in [-0.2, -0.15) is 13.2 Å². The van der Waals surface area contributed by atoms with Crippen LogP contribution in [-0.2, 0) is 11.6 Å². The molecule has 0 radical (unpaired) electrons. The Kier molecular flexibility index (Phi) is 3.28. The molecule has 0 heterocycles. The molecule has 94 valence electrons. The van der Waals surface area contributed by atoms with Crippen molar-refractivity contribution in [2.24, 2.45) is 5.73 Å². The number of halogens is 3. The highest BCUT2D eigenvalue weighted by molar-refractivity contribution is 5.65. The van der Waals surface area contributed by atoms with Crippen LogP contribution in [-0.4, -0.2) is 0 Å². The number of nitrogens with two attached hydrogens (primary N) is 1. The minimum absolute atomic E-state index is 0.0505. The molecule has 0 amide bonds. The van der Waals surface area contributed by atoms with E-state index in [9.17, 15) is 13.2 Å². The highest BCUT2D eigenvalue weighted by atomic mass is 19.4. The minimum Gasteiger partial charge on any atom is -0.399 e. The Balaban J connectivity index is 3.46. The van der Waals surface area contributed by atoms with E-state index in [0.717, 1.165) is 6.07 Å². The Labute approximate surface area is 99.1 Å². The SMILES string of the molecule is C=C(N)c1ccc(C(C)(C)C)cc1C(F)(F)F. The third kappa shape index (κ3) is 3.02. The molecule has 0 aliphatic rings. The van der Waals surface area contributed by atoms with Crippen molar-refractivity contribution < 1.29 is 13.2 Å². The van der Waals surface area contributed by atoms with E-state index in [0.29, 0.717) is 5.56 Å². The number of hydrogen-bond acceptors (Lipinski definition) is 1. The van der Waals surface area contributed by atoms with Crippen molar-refractivity contribution in [1.82, 2.24) is 0 Å². The average molecular weight is 243 g/mol. The predicted molar refractivity (Wildman–Crippen MR) is 63.4 cm³/mol. The van der Waals surface area contributed by atoms with Crippen molar-refractivity contribution in [3.63, 3.8) is 0 Å². The van der Waals surface area contributed by atoms with Crippen molar-refractivity contribution >= 4 is 5.70 Å². The summed E-state index contributed by atoms with van der Waals surface area (Å²) in [6.45, 7) is 8.95. The maximum Gasteiger partial charge on any atom is 0.417 e. The Morgan fingerprint density at radius 3 is 2.06 bits per heavy atom. The van der Waals surface area contributed by atoms with E-state index in [2.05, 4.69) is 6.58 Å². The van der Waals surface area contributed by atoms with Gasteiger partial charge >= 0.3 is 6.18 Å². The van der Waals surface area contributed by atoms with E-state index >= 15 is 0 Å². The maximum atomic E-state index is 12.9. The molecule has 17 heavy (non-hydrogen) atoms. The van der Waals surface area contributed by atoms with Crippen molar-refractivity contribution in [2.45, 2.75) is 32.4 Å². The van der Waals surface area contributed by atoms with Crippen LogP contribution < -0.4 is 5.73 Å². The summed E-state index contributed by atoms with van der Waals surface area (Å²) < 4.78 is 38.6. The second-order valence-corrected chi connectivity index (χ2v) is 5.03. The lowest BCUT2D eigenvalue weighted by atomic mass is 9.85. The van der Waals surface area contributed by atoms with Crippen LogP contribution in [0.3, 0.4) is 0 Å². The maximum absolute atomic E-state index is 12.9. The van der Waals surface area contributed by atoms with E-state index in [1.807, 2.05) is 20.8 Å². The van der Waals surface area contributed by atoms with Gasteiger partial charge < -0.3 is 5.73 Å². The zero-order valence-electron chi connectivity index (χ0n) is 10.2. The number of alkyl halides is 3. The molecule has 0 aromatic heterocycles. The first-order valence-corrected chi connectivity index (χ1v) is 5.20. The topological polar surface area (TPSA) is 26.0 Å². The molecule has 0 atom stereocenters. The van der Waals surface area contributed by atoms with Gasteiger partial charge in [0.1, 0.15) is 0 Å². The molecule has 0 spiro atoms. The van der Waals surface area contributed by atoms with Gasteiger partial charge in [0, 0.05) is 11.3 Å². The lowest BCUT2D eigenvalue weighted by molar-refractivity contribution is -0.137. The Bertz CT molecular complexity index is 439. The van der Waals surface area contributed by atoms with Crippen LogP contribution in [0.5, 0.6) is 0 Å². The summed E-state index contributed by atoms with van der Waals surface area (Å²) in [5, 5.41) is 0. The summed E-state index contributed by atoms with van der Waals surface area (Å²) >= 11 is 0. The predicted octanol–water partition coefficient (Wildman–Crippen LogP) is 3.93. The molecule has 0 bridgehead atoms. The number of rotatable bonds is 1. The molecule has 1 aromatic rings. The first-order valence-electron chi connectivity index (χ1n) is 5.20. The molecule has 0 fully saturated rings. The van der Waals surface area contributed by atoms with Crippen LogP contribution >= 0.6 is 0 Å². The third-order valence-electron chi connectivity index (χ3n) is 2.54.